The van der Waals surface area contributed by atoms with Crippen LogP contribution in [0.1, 0.15) is 15.9 Å². The van der Waals surface area contributed by atoms with Gasteiger partial charge in [0.15, 0.2) is 0 Å². The third kappa shape index (κ3) is 2.98. The Morgan fingerprint density at radius 1 is 1.21 bits per heavy atom. The molecule has 0 unspecified atom stereocenters. The Morgan fingerprint density at radius 3 is 2.63 bits per heavy atom. The lowest BCUT2D eigenvalue weighted by Gasteiger charge is -2.09. The van der Waals surface area contributed by atoms with Gasteiger partial charge in [-0.05, 0) is 46.6 Å². The Morgan fingerprint density at radius 2 is 1.95 bits per heavy atom. The molecule has 1 amide bonds. The van der Waals surface area contributed by atoms with Crippen molar-refractivity contribution < 1.29 is 13.6 Å². The molecule has 0 spiro atoms. The van der Waals surface area contributed by atoms with E-state index in [1.807, 2.05) is 13.0 Å². The fourth-order valence-corrected chi connectivity index (χ4v) is 1.97. The van der Waals surface area contributed by atoms with Crippen LogP contribution in [0.3, 0.4) is 0 Å². The van der Waals surface area contributed by atoms with Crippen molar-refractivity contribution in [2.24, 2.45) is 0 Å². The second kappa shape index (κ2) is 5.48. The molecule has 98 valence electrons. The van der Waals surface area contributed by atoms with Gasteiger partial charge in [-0.15, -0.1) is 0 Å². The summed E-state index contributed by atoms with van der Waals surface area (Å²) in [6, 6.07) is 8.18. The van der Waals surface area contributed by atoms with Crippen LogP contribution in [0.25, 0.3) is 0 Å². The van der Waals surface area contributed by atoms with Gasteiger partial charge in [-0.25, -0.2) is 8.78 Å². The van der Waals surface area contributed by atoms with E-state index in [1.165, 1.54) is 0 Å². The number of carbonyl (C=O) groups excluding carboxylic acids is 1. The zero-order chi connectivity index (χ0) is 14.0. The molecule has 1 N–H and O–H groups in total. The highest BCUT2D eigenvalue weighted by Crippen LogP contribution is 2.26. The lowest BCUT2D eigenvalue weighted by molar-refractivity contribution is 0.102. The summed E-state index contributed by atoms with van der Waals surface area (Å²) in [5.41, 5.74) is 1.28. The molecule has 5 heteroatoms. The van der Waals surface area contributed by atoms with E-state index in [2.05, 4.69) is 21.2 Å². The molecule has 19 heavy (non-hydrogen) atoms. The van der Waals surface area contributed by atoms with E-state index in [0.29, 0.717) is 11.8 Å². The monoisotopic (exact) mass is 325 g/mol. The van der Waals surface area contributed by atoms with Crippen molar-refractivity contribution in [3.63, 3.8) is 0 Å². The predicted octanol–water partition coefficient (Wildman–Crippen LogP) is 4.29. The van der Waals surface area contributed by atoms with Crippen LogP contribution in [0.2, 0.25) is 0 Å². The molecule has 0 aliphatic rings. The molecule has 2 aromatic rings. The van der Waals surface area contributed by atoms with Crippen molar-refractivity contribution >= 4 is 27.5 Å². The maximum Gasteiger partial charge on any atom is 0.258 e. The smallest absolute Gasteiger partial charge is 0.258 e. The predicted molar refractivity (Wildman–Crippen MR) is 73.2 cm³/mol. The molecule has 0 atom stereocenters. The zero-order valence-corrected chi connectivity index (χ0v) is 11.6. The van der Waals surface area contributed by atoms with Gasteiger partial charge in [0.1, 0.15) is 11.6 Å². The third-order valence-electron chi connectivity index (χ3n) is 2.62. The second-order valence-corrected chi connectivity index (χ2v) is 4.81. The van der Waals surface area contributed by atoms with Crippen LogP contribution in [-0.4, -0.2) is 5.91 Å². The average Bonchev–Trinajstić information content (AvgIpc) is 2.34. The first kappa shape index (κ1) is 13.7. The van der Waals surface area contributed by atoms with Crippen LogP contribution in [0.5, 0.6) is 0 Å². The number of aryl methyl sites for hydroxylation is 1. The highest BCUT2D eigenvalue weighted by Gasteiger charge is 2.14. The van der Waals surface area contributed by atoms with E-state index in [0.717, 1.165) is 22.2 Å². The Bertz CT molecular complexity index is 643. The Labute approximate surface area is 117 Å². The van der Waals surface area contributed by atoms with Gasteiger partial charge in [0, 0.05) is 10.5 Å². The molecule has 2 rings (SSSR count). The van der Waals surface area contributed by atoms with Gasteiger partial charge in [0.2, 0.25) is 0 Å². The average molecular weight is 326 g/mol. The number of hydrogen-bond acceptors (Lipinski definition) is 1. The van der Waals surface area contributed by atoms with Gasteiger partial charge in [-0.2, -0.15) is 0 Å². The van der Waals surface area contributed by atoms with Gasteiger partial charge in [0.05, 0.1) is 11.3 Å². The number of benzene rings is 2. The molecule has 0 saturated heterocycles. The normalized spacial score (nSPS) is 10.3. The maximum atomic E-state index is 13.5. The standard InChI is InChI=1S/C14H10BrF2NO/c1-8-3-2-4-12(13(8)15)18-14(19)10-6-5-9(16)7-11(10)17/h2-7H,1H3,(H,18,19). The molecular weight excluding hydrogens is 316 g/mol. The molecule has 0 bridgehead atoms. The van der Waals surface area contributed by atoms with E-state index >= 15 is 0 Å². The summed E-state index contributed by atoms with van der Waals surface area (Å²) in [5, 5.41) is 2.58. The van der Waals surface area contributed by atoms with E-state index in [4.69, 9.17) is 0 Å². The first-order chi connectivity index (χ1) is 8.99. The van der Waals surface area contributed by atoms with Crippen molar-refractivity contribution in [3.05, 3.63) is 63.6 Å². The molecule has 2 nitrogen and oxygen atoms in total. The molecule has 2 aromatic carbocycles. The number of carbonyl (C=O) groups is 1. The maximum absolute atomic E-state index is 13.5. The molecule has 0 fully saturated rings. The number of amides is 1. The first-order valence-electron chi connectivity index (χ1n) is 5.50. The van der Waals surface area contributed by atoms with Crippen molar-refractivity contribution in [2.75, 3.05) is 5.32 Å². The van der Waals surface area contributed by atoms with E-state index in [-0.39, 0.29) is 5.56 Å². The summed E-state index contributed by atoms with van der Waals surface area (Å²) in [5.74, 6) is -2.23. The number of hydrogen-bond donors (Lipinski definition) is 1. The quantitative estimate of drug-likeness (QED) is 0.876. The van der Waals surface area contributed by atoms with Crippen molar-refractivity contribution in [3.8, 4) is 0 Å². The SMILES string of the molecule is Cc1cccc(NC(=O)c2ccc(F)cc2F)c1Br. The van der Waals surface area contributed by atoms with Gasteiger partial charge >= 0.3 is 0 Å². The fraction of sp³-hybridized carbons (Fsp3) is 0.0714. The number of halogens is 3. The fourth-order valence-electron chi connectivity index (χ4n) is 1.61. The molecule has 0 radical (unpaired) electrons. The van der Waals surface area contributed by atoms with Gasteiger partial charge in [-0.1, -0.05) is 12.1 Å². The van der Waals surface area contributed by atoms with Crippen LogP contribution in [0, 0.1) is 18.6 Å². The van der Waals surface area contributed by atoms with Crippen molar-refractivity contribution in [2.45, 2.75) is 6.92 Å². The summed E-state index contributed by atoms with van der Waals surface area (Å²) >= 11 is 3.34. The third-order valence-corrected chi connectivity index (χ3v) is 3.67. The molecule has 0 aliphatic heterocycles. The van der Waals surface area contributed by atoms with Gasteiger partial charge < -0.3 is 5.32 Å². The van der Waals surface area contributed by atoms with E-state index in [1.54, 1.807) is 12.1 Å². The molecule has 0 heterocycles. The number of rotatable bonds is 2. The minimum Gasteiger partial charge on any atom is -0.321 e. The molecule has 0 saturated carbocycles. The van der Waals surface area contributed by atoms with E-state index in [9.17, 15) is 13.6 Å². The van der Waals surface area contributed by atoms with Crippen LogP contribution in [0.4, 0.5) is 14.5 Å². The van der Waals surface area contributed by atoms with Crippen LogP contribution < -0.4 is 5.32 Å². The number of anilines is 1. The Kier molecular flexibility index (Phi) is 3.95. The zero-order valence-electron chi connectivity index (χ0n) is 10.0. The minimum atomic E-state index is -0.888. The summed E-state index contributed by atoms with van der Waals surface area (Å²) in [7, 11) is 0. The lowest BCUT2D eigenvalue weighted by atomic mass is 10.1. The van der Waals surface area contributed by atoms with Gasteiger partial charge in [0.25, 0.3) is 5.91 Å². The highest BCUT2D eigenvalue weighted by molar-refractivity contribution is 9.10. The van der Waals surface area contributed by atoms with E-state index < -0.39 is 17.5 Å². The van der Waals surface area contributed by atoms with Crippen molar-refractivity contribution in [1.82, 2.24) is 0 Å². The molecule has 0 aromatic heterocycles. The van der Waals surface area contributed by atoms with Crippen LogP contribution in [0.15, 0.2) is 40.9 Å². The minimum absolute atomic E-state index is 0.199. The second-order valence-electron chi connectivity index (χ2n) is 4.01. The topological polar surface area (TPSA) is 29.1 Å². The summed E-state index contributed by atoms with van der Waals surface area (Å²) < 4.78 is 27.0. The molecular formula is C14H10BrF2NO. The van der Waals surface area contributed by atoms with Gasteiger partial charge in [-0.3, -0.25) is 4.79 Å². The number of nitrogens with one attached hydrogen (secondary N) is 1. The Hall–Kier alpha value is -1.75. The first-order valence-corrected chi connectivity index (χ1v) is 6.30. The van der Waals surface area contributed by atoms with Crippen LogP contribution in [-0.2, 0) is 0 Å². The van der Waals surface area contributed by atoms with Crippen molar-refractivity contribution in [1.29, 1.82) is 0 Å². The Balaban J connectivity index is 2.28. The largest absolute Gasteiger partial charge is 0.321 e. The summed E-state index contributed by atoms with van der Waals surface area (Å²) in [4.78, 5) is 11.9. The van der Waals surface area contributed by atoms with Crippen LogP contribution >= 0.6 is 15.9 Å². The summed E-state index contributed by atoms with van der Waals surface area (Å²) in [6.07, 6.45) is 0. The summed E-state index contributed by atoms with van der Waals surface area (Å²) in [6.45, 7) is 1.87. The molecule has 0 aliphatic carbocycles. The highest BCUT2D eigenvalue weighted by atomic mass is 79.9. The lowest BCUT2D eigenvalue weighted by Crippen LogP contribution is -2.14.